The van der Waals surface area contributed by atoms with Gasteiger partial charge in [-0.3, -0.25) is 4.79 Å². The molecule has 0 aliphatic heterocycles. The van der Waals surface area contributed by atoms with Crippen molar-refractivity contribution in [2.75, 3.05) is 0 Å². The van der Waals surface area contributed by atoms with Gasteiger partial charge in [0.25, 0.3) is 0 Å². The van der Waals surface area contributed by atoms with E-state index in [0.717, 1.165) is 6.07 Å². The van der Waals surface area contributed by atoms with E-state index in [4.69, 9.17) is 9.84 Å². The molecule has 3 nitrogen and oxygen atoms in total. The molecule has 0 amide bonds. The van der Waals surface area contributed by atoms with Crippen LogP contribution in [0.15, 0.2) is 18.2 Å². The Bertz CT molecular complexity index is 428. The first kappa shape index (κ1) is 12.0. The van der Waals surface area contributed by atoms with Crippen molar-refractivity contribution in [3.8, 4) is 0 Å². The zero-order chi connectivity index (χ0) is 12.4. The van der Waals surface area contributed by atoms with E-state index in [2.05, 4.69) is 0 Å². The highest BCUT2D eigenvalue weighted by molar-refractivity contribution is 5.71. The zero-order valence-electron chi connectivity index (χ0n) is 9.03. The first-order chi connectivity index (χ1) is 8.08. The number of carboxylic acid groups (broad SMARTS) is 1. The van der Waals surface area contributed by atoms with E-state index in [9.17, 15) is 13.6 Å². The Morgan fingerprint density at radius 1 is 1.41 bits per heavy atom. The highest BCUT2D eigenvalue weighted by Gasteiger charge is 2.35. The largest absolute Gasteiger partial charge is 0.481 e. The topological polar surface area (TPSA) is 46.5 Å². The van der Waals surface area contributed by atoms with E-state index in [1.807, 2.05) is 0 Å². The van der Waals surface area contributed by atoms with Crippen molar-refractivity contribution in [3.63, 3.8) is 0 Å². The molecule has 0 heterocycles. The van der Waals surface area contributed by atoms with Gasteiger partial charge in [-0.05, 0) is 18.9 Å². The van der Waals surface area contributed by atoms with Crippen molar-refractivity contribution in [2.45, 2.75) is 25.6 Å². The molecule has 17 heavy (non-hydrogen) atoms. The van der Waals surface area contributed by atoms with Gasteiger partial charge in [0, 0.05) is 5.56 Å². The number of carbonyl (C=O) groups is 1. The fourth-order valence-electron chi connectivity index (χ4n) is 1.77. The van der Waals surface area contributed by atoms with Crippen LogP contribution >= 0.6 is 0 Å². The minimum Gasteiger partial charge on any atom is -0.481 e. The van der Waals surface area contributed by atoms with Gasteiger partial charge in [0.2, 0.25) is 0 Å². The van der Waals surface area contributed by atoms with Crippen molar-refractivity contribution in [3.05, 3.63) is 35.4 Å². The molecule has 0 aromatic heterocycles. The van der Waals surface area contributed by atoms with Crippen LogP contribution in [0.1, 0.15) is 18.4 Å². The van der Waals surface area contributed by atoms with Crippen LogP contribution in [0.3, 0.4) is 0 Å². The van der Waals surface area contributed by atoms with Crippen molar-refractivity contribution in [1.82, 2.24) is 0 Å². The quantitative estimate of drug-likeness (QED) is 0.881. The molecule has 0 saturated heterocycles. The molecule has 1 aromatic carbocycles. The number of rotatable bonds is 4. The first-order valence-electron chi connectivity index (χ1n) is 5.35. The third-order valence-corrected chi connectivity index (χ3v) is 2.95. The fraction of sp³-hybridized carbons (Fsp3) is 0.417. The van der Waals surface area contributed by atoms with Crippen LogP contribution in [0, 0.1) is 17.6 Å². The monoisotopic (exact) mass is 242 g/mol. The Morgan fingerprint density at radius 3 is 2.76 bits per heavy atom. The lowest BCUT2D eigenvalue weighted by atomic mass is 9.82. The Balaban J connectivity index is 1.84. The normalized spacial score (nSPS) is 23.2. The van der Waals surface area contributed by atoms with Crippen LogP contribution in [0.5, 0.6) is 0 Å². The van der Waals surface area contributed by atoms with Crippen LogP contribution in [0.4, 0.5) is 8.78 Å². The van der Waals surface area contributed by atoms with Gasteiger partial charge in [-0.1, -0.05) is 12.1 Å². The molecule has 5 heteroatoms. The van der Waals surface area contributed by atoms with Crippen LogP contribution in [-0.4, -0.2) is 17.2 Å². The summed E-state index contributed by atoms with van der Waals surface area (Å²) < 4.78 is 31.4. The maximum Gasteiger partial charge on any atom is 0.306 e. The number of hydrogen-bond donors (Lipinski definition) is 1. The van der Waals surface area contributed by atoms with Gasteiger partial charge in [0.15, 0.2) is 11.6 Å². The molecule has 0 unspecified atom stereocenters. The van der Waals surface area contributed by atoms with E-state index in [0.29, 0.717) is 12.8 Å². The van der Waals surface area contributed by atoms with E-state index in [1.165, 1.54) is 12.1 Å². The lowest BCUT2D eigenvalue weighted by molar-refractivity contribution is -0.151. The number of ether oxygens (including phenoxy) is 1. The summed E-state index contributed by atoms with van der Waals surface area (Å²) in [5.74, 6) is -3.00. The smallest absolute Gasteiger partial charge is 0.306 e. The second kappa shape index (κ2) is 4.79. The summed E-state index contributed by atoms with van der Waals surface area (Å²) in [4.78, 5) is 10.5. The average Bonchev–Trinajstić information content (AvgIpc) is 2.21. The average molecular weight is 242 g/mol. The highest BCUT2D eigenvalue weighted by Crippen LogP contribution is 2.31. The molecule has 1 fully saturated rings. The SMILES string of the molecule is O=C(O)[C@H]1C[C@H](OCc2cccc(F)c2F)C1. The van der Waals surface area contributed by atoms with Crippen LogP contribution in [0.2, 0.25) is 0 Å². The second-order valence-corrected chi connectivity index (χ2v) is 4.15. The third-order valence-electron chi connectivity index (χ3n) is 2.95. The predicted molar refractivity (Wildman–Crippen MR) is 55.3 cm³/mol. The van der Waals surface area contributed by atoms with Gasteiger partial charge in [-0.15, -0.1) is 0 Å². The van der Waals surface area contributed by atoms with E-state index < -0.39 is 17.6 Å². The van der Waals surface area contributed by atoms with E-state index in [1.54, 1.807) is 0 Å². The first-order valence-corrected chi connectivity index (χ1v) is 5.35. The Hall–Kier alpha value is -1.49. The molecule has 0 atom stereocenters. The van der Waals surface area contributed by atoms with Gasteiger partial charge in [-0.25, -0.2) is 8.78 Å². The fourth-order valence-corrected chi connectivity index (χ4v) is 1.77. The number of benzene rings is 1. The molecule has 0 spiro atoms. The van der Waals surface area contributed by atoms with Gasteiger partial charge in [0.05, 0.1) is 18.6 Å². The summed E-state index contributed by atoms with van der Waals surface area (Å²) in [6, 6.07) is 3.91. The number of halogens is 2. The van der Waals surface area contributed by atoms with Crippen molar-refractivity contribution >= 4 is 5.97 Å². The Labute approximate surface area is 97.0 Å². The number of carboxylic acids is 1. The lowest BCUT2D eigenvalue weighted by Gasteiger charge is -2.32. The third kappa shape index (κ3) is 2.61. The summed E-state index contributed by atoms with van der Waals surface area (Å²) >= 11 is 0. The summed E-state index contributed by atoms with van der Waals surface area (Å²) in [7, 11) is 0. The summed E-state index contributed by atoms with van der Waals surface area (Å²) in [6.45, 7) is -0.0272. The number of aliphatic carboxylic acids is 1. The molecule has 1 aliphatic carbocycles. The lowest BCUT2D eigenvalue weighted by Crippen LogP contribution is -2.36. The molecule has 1 aliphatic rings. The van der Waals surface area contributed by atoms with Crippen molar-refractivity contribution < 1.29 is 23.4 Å². The molecule has 1 aromatic rings. The summed E-state index contributed by atoms with van der Waals surface area (Å²) in [5.41, 5.74) is 0.156. The van der Waals surface area contributed by atoms with Crippen molar-refractivity contribution in [1.29, 1.82) is 0 Å². The molecule has 1 N–H and O–H groups in total. The van der Waals surface area contributed by atoms with Gasteiger partial charge < -0.3 is 9.84 Å². The molecule has 0 bridgehead atoms. The summed E-state index contributed by atoms with van der Waals surface area (Å²) in [5, 5.41) is 8.65. The van der Waals surface area contributed by atoms with Crippen LogP contribution < -0.4 is 0 Å². The molecule has 2 rings (SSSR count). The standard InChI is InChI=1S/C12H12F2O3/c13-10-3-1-2-7(11(10)14)6-17-9-4-8(5-9)12(15)16/h1-3,8-9H,4-6H2,(H,15,16)/t8-,9-. The van der Waals surface area contributed by atoms with E-state index >= 15 is 0 Å². The minimum absolute atomic E-state index is 0.0272. The predicted octanol–water partition coefficient (Wildman–Crippen LogP) is 2.34. The van der Waals surface area contributed by atoms with Gasteiger partial charge >= 0.3 is 5.97 Å². The molecular weight excluding hydrogens is 230 g/mol. The Morgan fingerprint density at radius 2 is 2.12 bits per heavy atom. The molecule has 92 valence electrons. The van der Waals surface area contributed by atoms with Crippen LogP contribution in [0.25, 0.3) is 0 Å². The molecular formula is C12H12F2O3. The summed E-state index contributed by atoms with van der Waals surface area (Å²) in [6.07, 6.45) is 0.706. The second-order valence-electron chi connectivity index (χ2n) is 4.15. The number of hydrogen-bond acceptors (Lipinski definition) is 2. The van der Waals surface area contributed by atoms with Crippen LogP contribution in [-0.2, 0) is 16.1 Å². The minimum atomic E-state index is -0.901. The maximum atomic E-state index is 13.2. The maximum absolute atomic E-state index is 13.2. The van der Waals surface area contributed by atoms with Gasteiger partial charge in [0.1, 0.15) is 0 Å². The van der Waals surface area contributed by atoms with Gasteiger partial charge in [-0.2, -0.15) is 0 Å². The molecule has 1 saturated carbocycles. The molecule has 0 radical (unpaired) electrons. The van der Waals surface area contributed by atoms with E-state index in [-0.39, 0.29) is 24.2 Å². The highest BCUT2D eigenvalue weighted by atomic mass is 19.2. The Kier molecular flexibility index (Phi) is 3.38. The van der Waals surface area contributed by atoms with Crippen molar-refractivity contribution in [2.24, 2.45) is 5.92 Å². The zero-order valence-corrected chi connectivity index (χ0v) is 9.03.